The average Bonchev–Trinajstić information content (AvgIpc) is 2.88. The molecule has 0 saturated heterocycles. The van der Waals surface area contributed by atoms with Crippen LogP contribution in [0.3, 0.4) is 0 Å². The number of methoxy groups -OCH3 is 2. The predicted molar refractivity (Wildman–Crippen MR) is 77.2 cm³/mol. The van der Waals surface area contributed by atoms with Crippen LogP contribution in [0.5, 0.6) is 11.5 Å². The van der Waals surface area contributed by atoms with E-state index in [4.69, 9.17) is 13.9 Å². The van der Waals surface area contributed by atoms with Gasteiger partial charge in [-0.15, -0.1) is 0 Å². The predicted octanol–water partition coefficient (Wildman–Crippen LogP) is 2.69. The Hall–Kier alpha value is -2.83. The van der Waals surface area contributed by atoms with Gasteiger partial charge in [-0.1, -0.05) is 0 Å². The molecule has 0 radical (unpaired) electrons. The molecule has 21 heavy (non-hydrogen) atoms. The topological polar surface area (TPSA) is 82.3 Å². The molecule has 0 aliphatic rings. The zero-order chi connectivity index (χ0) is 14.8. The number of hydrogen-bond acceptors (Lipinski definition) is 7. The third-order valence-corrected chi connectivity index (χ3v) is 2.92. The van der Waals surface area contributed by atoms with Crippen molar-refractivity contribution in [3.8, 4) is 11.5 Å². The highest BCUT2D eigenvalue weighted by atomic mass is 16.5. The highest BCUT2D eigenvalue weighted by Gasteiger charge is 2.11. The zero-order valence-electron chi connectivity index (χ0n) is 11.9. The zero-order valence-corrected chi connectivity index (χ0v) is 11.9. The van der Waals surface area contributed by atoms with Gasteiger partial charge in [0.25, 0.3) is 5.71 Å². The van der Waals surface area contributed by atoms with Crippen molar-refractivity contribution in [1.29, 1.82) is 0 Å². The number of benzene rings is 1. The first-order valence-corrected chi connectivity index (χ1v) is 6.28. The molecule has 2 aromatic heterocycles. The lowest BCUT2D eigenvalue weighted by Gasteiger charge is -2.10. The summed E-state index contributed by atoms with van der Waals surface area (Å²) in [5.41, 5.74) is 1.79. The summed E-state index contributed by atoms with van der Waals surface area (Å²) in [6, 6.07) is 5.47. The molecule has 7 heteroatoms. The van der Waals surface area contributed by atoms with E-state index in [1.165, 1.54) is 6.33 Å². The summed E-state index contributed by atoms with van der Waals surface area (Å²) in [5, 5.41) is 3.18. The maximum atomic E-state index is 5.38. The third kappa shape index (κ3) is 2.58. The molecule has 108 valence electrons. The molecule has 0 unspecified atom stereocenters. The fraction of sp³-hybridized carbons (Fsp3) is 0.214. The van der Waals surface area contributed by atoms with E-state index in [0.29, 0.717) is 34.4 Å². The van der Waals surface area contributed by atoms with Gasteiger partial charge in [-0.2, -0.15) is 4.98 Å². The minimum absolute atomic E-state index is 0.444. The number of anilines is 2. The fourth-order valence-electron chi connectivity index (χ4n) is 1.97. The quantitative estimate of drug-likeness (QED) is 0.789. The summed E-state index contributed by atoms with van der Waals surface area (Å²) in [4.78, 5) is 12.5. The molecule has 0 aliphatic heterocycles. The van der Waals surface area contributed by atoms with Crippen molar-refractivity contribution in [2.24, 2.45) is 0 Å². The first kappa shape index (κ1) is 13.2. The Kier molecular flexibility index (Phi) is 3.31. The molecule has 0 bridgehead atoms. The number of nitrogens with one attached hydrogen (secondary N) is 1. The van der Waals surface area contributed by atoms with Crippen LogP contribution in [0.15, 0.2) is 28.9 Å². The Labute approximate surface area is 120 Å². The molecular formula is C14H14N4O3. The molecule has 0 saturated carbocycles. The Balaban J connectivity index is 2.02. The molecule has 7 nitrogen and oxygen atoms in total. The summed E-state index contributed by atoms with van der Waals surface area (Å²) < 4.78 is 15.9. The first-order valence-electron chi connectivity index (χ1n) is 6.28. The number of aromatic nitrogens is 3. The van der Waals surface area contributed by atoms with Crippen LogP contribution in [-0.2, 0) is 0 Å². The van der Waals surface area contributed by atoms with Crippen molar-refractivity contribution in [1.82, 2.24) is 15.0 Å². The van der Waals surface area contributed by atoms with Crippen LogP contribution >= 0.6 is 0 Å². The van der Waals surface area contributed by atoms with Crippen LogP contribution in [0.25, 0.3) is 11.2 Å². The van der Waals surface area contributed by atoms with Gasteiger partial charge in [0, 0.05) is 30.8 Å². The number of fused-ring (bicyclic) bond motifs is 1. The van der Waals surface area contributed by atoms with Crippen LogP contribution < -0.4 is 14.8 Å². The Morgan fingerprint density at radius 2 is 1.76 bits per heavy atom. The number of hydrogen-bond donors (Lipinski definition) is 1. The second-order valence-corrected chi connectivity index (χ2v) is 4.34. The number of rotatable bonds is 4. The number of ether oxygens (including phenoxy) is 2. The summed E-state index contributed by atoms with van der Waals surface area (Å²) in [7, 11) is 3.20. The van der Waals surface area contributed by atoms with Gasteiger partial charge < -0.3 is 19.2 Å². The van der Waals surface area contributed by atoms with Gasteiger partial charge in [0.15, 0.2) is 17.2 Å². The molecule has 1 aromatic carbocycles. The van der Waals surface area contributed by atoms with Gasteiger partial charge in [0.1, 0.15) is 17.8 Å². The van der Waals surface area contributed by atoms with Crippen LogP contribution in [0.1, 0.15) is 5.89 Å². The summed E-state index contributed by atoms with van der Waals surface area (Å²) in [6.07, 6.45) is 1.42. The Morgan fingerprint density at radius 1 is 1.05 bits per heavy atom. The molecule has 3 rings (SSSR count). The van der Waals surface area contributed by atoms with Gasteiger partial charge in [-0.3, -0.25) is 0 Å². The summed E-state index contributed by atoms with van der Waals surface area (Å²) in [6.45, 7) is 1.76. The highest BCUT2D eigenvalue weighted by Crippen LogP contribution is 2.29. The molecule has 0 fully saturated rings. The maximum Gasteiger partial charge on any atom is 0.252 e. The van der Waals surface area contributed by atoms with Crippen molar-refractivity contribution in [2.45, 2.75) is 6.92 Å². The molecule has 3 aromatic rings. The van der Waals surface area contributed by atoms with Gasteiger partial charge in [-0.05, 0) is 0 Å². The van der Waals surface area contributed by atoms with Crippen molar-refractivity contribution in [2.75, 3.05) is 19.5 Å². The van der Waals surface area contributed by atoms with E-state index in [9.17, 15) is 0 Å². The largest absolute Gasteiger partial charge is 0.497 e. The normalized spacial score (nSPS) is 10.6. The summed E-state index contributed by atoms with van der Waals surface area (Å²) in [5.74, 6) is 2.46. The smallest absolute Gasteiger partial charge is 0.252 e. The first-order chi connectivity index (χ1) is 10.2. The van der Waals surface area contributed by atoms with E-state index in [2.05, 4.69) is 20.3 Å². The van der Waals surface area contributed by atoms with Gasteiger partial charge in [-0.25, -0.2) is 9.97 Å². The van der Waals surface area contributed by atoms with Gasteiger partial charge in [0.2, 0.25) is 0 Å². The van der Waals surface area contributed by atoms with E-state index < -0.39 is 0 Å². The second-order valence-electron chi connectivity index (χ2n) is 4.34. The summed E-state index contributed by atoms with van der Waals surface area (Å²) >= 11 is 0. The monoisotopic (exact) mass is 286 g/mol. The number of oxazole rings is 1. The molecule has 0 atom stereocenters. The van der Waals surface area contributed by atoms with Crippen molar-refractivity contribution < 1.29 is 13.9 Å². The molecule has 0 spiro atoms. The van der Waals surface area contributed by atoms with Crippen LogP contribution in [0.2, 0.25) is 0 Å². The van der Waals surface area contributed by atoms with Crippen molar-refractivity contribution in [3.05, 3.63) is 30.4 Å². The standard InChI is InChI=1S/C14H14N4O3/c1-8-17-12-13(15-7-16-14(12)21-8)18-9-4-10(19-2)6-11(5-9)20-3/h4-7H,1-3H3,(H,15,16,18). The van der Waals surface area contributed by atoms with Crippen molar-refractivity contribution >= 4 is 22.7 Å². The maximum absolute atomic E-state index is 5.38. The van der Waals surface area contributed by atoms with E-state index in [1.807, 2.05) is 12.1 Å². The SMILES string of the molecule is COc1cc(Nc2ncnc3oc(C)nc23)cc(OC)c1. The van der Waals surface area contributed by atoms with Crippen LogP contribution in [0, 0.1) is 6.92 Å². The number of nitrogens with zero attached hydrogens (tertiary/aromatic N) is 3. The average molecular weight is 286 g/mol. The molecular weight excluding hydrogens is 272 g/mol. The van der Waals surface area contributed by atoms with Gasteiger partial charge >= 0.3 is 0 Å². The fourth-order valence-corrected chi connectivity index (χ4v) is 1.97. The minimum atomic E-state index is 0.444. The third-order valence-electron chi connectivity index (χ3n) is 2.92. The molecule has 0 aliphatic carbocycles. The van der Waals surface area contributed by atoms with Crippen LogP contribution in [-0.4, -0.2) is 29.2 Å². The Bertz CT molecular complexity index is 763. The molecule has 0 amide bonds. The van der Waals surface area contributed by atoms with E-state index >= 15 is 0 Å². The van der Waals surface area contributed by atoms with Gasteiger partial charge in [0.05, 0.1) is 14.2 Å². The lowest BCUT2D eigenvalue weighted by atomic mass is 10.2. The lowest BCUT2D eigenvalue weighted by molar-refractivity contribution is 0.395. The molecule has 2 heterocycles. The van der Waals surface area contributed by atoms with E-state index in [1.54, 1.807) is 27.2 Å². The van der Waals surface area contributed by atoms with Crippen LogP contribution in [0.4, 0.5) is 11.5 Å². The lowest BCUT2D eigenvalue weighted by Crippen LogP contribution is -1.97. The van der Waals surface area contributed by atoms with E-state index in [0.717, 1.165) is 5.69 Å². The highest BCUT2D eigenvalue weighted by molar-refractivity contribution is 5.83. The van der Waals surface area contributed by atoms with E-state index in [-0.39, 0.29) is 0 Å². The molecule has 1 N–H and O–H groups in total. The Morgan fingerprint density at radius 3 is 2.43 bits per heavy atom. The van der Waals surface area contributed by atoms with Crippen molar-refractivity contribution in [3.63, 3.8) is 0 Å². The second kappa shape index (κ2) is 5.28. The number of aryl methyl sites for hydroxylation is 1. The minimum Gasteiger partial charge on any atom is -0.497 e.